The van der Waals surface area contributed by atoms with Crippen molar-refractivity contribution in [3.63, 3.8) is 0 Å². The number of esters is 1. The molecule has 2 aliphatic rings. The number of carbonyl (C=O) groups excluding carboxylic acids is 1. The van der Waals surface area contributed by atoms with Crippen LogP contribution in [0.15, 0.2) is 42.5 Å². The monoisotopic (exact) mass is 353 g/mol. The maximum Gasteiger partial charge on any atom is 0.310 e. The van der Waals surface area contributed by atoms with E-state index in [1.165, 1.54) is 11.8 Å². The summed E-state index contributed by atoms with van der Waals surface area (Å²) >= 11 is 0. The third kappa shape index (κ3) is 3.92. The van der Waals surface area contributed by atoms with Gasteiger partial charge < -0.3 is 9.47 Å². The summed E-state index contributed by atoms with van der Waals surface area (Å²) in [7, 11) is 0. The Hall–Kier alpha value is -1.91. The number of nitrogens with zero attached hydrogens (tertiary/aromatic N) is 1. The van der Waals surface area contributed by atoms with Gasteiger partial charge in [-0.05, 0) is 35.6 Å². The first-order chi connectivity index (χ1) is 12.8. The second kappa shape index (κ2) is 8.19. The average Bonchev–Trinajstić information content (AvgIpc) is 2.69. The molecule has 2 fully saturated rings. The van der Waals surface area contributed by atoms with Gasteiger partial charge in [0.05, 0.1) is 19.6 Å². The molecular weight excluding hydrogens is 326 g/mol. The number of hydrogen-bond donors (Lipinski definition) is 0. The molecule has 0 aromatic heterocycles. The van der Waals surface area contributed by atoms with Crippen LogP contribution >= 0.6 is 0 Å². The Morgan fingerprint density at radius 3 is 2.69 bits per heavy atom. The third-order valence-corrected chi connectivity index (χ3v) is 5.68. The number of fused-ring (bicyclic) bond motifs is 1. The summed E-state index contributed by atoms with van der Waals surface area (Å²) in [6.45, 7) is 3.46. The Bertz CT molecular complexity index is 749. The van der Waals surface area contributed by atoms with Crippen molar-refractivity contribution in [3.8, 4) is 0 Å². The zero-order valence-electron chi connectivity index (χ0n) is 15.2. The Labute approximate surface area is 155 Å². The fourth-order valence-corrected chi connectivity index (χ4v) is 4.35. The summed E-state index contributed by atoms with van der Waals surface area (Å²) in [6, 6.07) is 14.7. The van der Waals surface area contributed by atoms with Gasteiger partial charge in [-0.3, -0.25) is 9.69 Å². The van der Waals surface area contributed by atoms with E-state index in [9.17, 15) is 4.79 Å². The van der Waals surface area contributed by atoms with Gasteiger partial charge in [0.25, 0.3) is 0 Å². The minimum Gasteiger partial charge on any atom is -0.460 e. The maximum atomic E-state index is 12.7. The van der Waals surface area contributed by atoms with Crippen LogP contribution in [-0.2, 0) is 20.7 Å². The SMILES string of the molecule is O=C(Cc1cccc2ccccc12)O[C@@H]1CCCC[C@H]1N1CCOCC1. The maximum absolute atomic E-state index is 12.7. The quantitative estimate of drug-likeness (QED) is 0.788. The van der Waals surface area contributed by atoms with Crippen LogP contribution < -0.4 is 0 Å². The molecule has 0 unspecified atom stereocenters. The largest absolute Gasteiger partial charge is 0.460 e. The Morgan fingerprint density at radius 2 is 1.81 bits per heavy atom. The Morgan fingerprint density at radius 1 is 1.04 bits per heavy atom. The summed E-state index contributed by atoms with van der Waals surface area (Å²) in [5.41, 5.74) is 1.05. The van der Waals surface area contributed by atoms with E-state index in [0.29, 0.717) is 12.5 Å². The number of hydrogen-bond acceptors (Lipinski definition) is 4. The van der Waals surface area contributed by atoms with E-state index in [1.807, 2.05) is 24.3 Å². The molecule has 0 spiro atoms. The van der Waals surface area contributed by atoms with Crippen molar-refractivity contribution in [2.75, 3.05) is 26.3 Å². The molecule has 4 rings (SSSR count). The highest BCUT2D eigenvalue weighted by atomic mass is 16.5. The summed E-state index contributed by atoms with van der Waals surface area (Å²) in [4.78, 5) is 15.1. The highest BCUT2D eigenvalue weighted by molar-refractivity contribution is 5.89. The molecule has 0 radical (unpaired) electrons. The van der Waals surface area contributed by atoms with Crippen LogP contribution in [0.25, 0.3) is 10.8 Å². The van der Waals surface area contributed by atoms with Crippen LogP contribution in [0.2, 0.25) is 0 Å². The molecule has 26 heavy (non-hydrogen) atoms. The molecule has 4 nitrogen and oxygen atoms in total. The van der Waals surface area contributed by atoms with Crippen LogP contribution in [0.5, 0.6) is 0 Å². The van der Waals surface area contributed by atoms with Crippen LogP contribution in [0, 0.1) is 0 Å². The van der Waals surface area contributed by atoms with Gasteiger partial charge in [-0.15, -0.1) is 0 Å². The normalized spacial score (nSPS) is 24.5. The Balaban J connectivity index is 1.44. The van der Waals surface area contributed by atoms with Crippen molar-refractivity contribution in [1.29, 1.82) is 0 Å². The fraction of sp³-hybridized carbons (Fsp3) is 0.500. The minimum absolute atomic E-state index is 0.0179. The fourth-order valence-electron chi connectivity index (χ4n) is 4.35. The van der Waals surface area contributed by atoms with Crippen molar-refractivity contribution in [1.82, 2.24) is 4.90 Å². The van der Waals surface area contributed by atoms with Crippen molar-refractivity contribution in [3.05, 3.63) is 48.0 Å². The number of ether oxygens (including phenoxy) is 2. The summed E-state index contributed by atoms with van der Waals surface area (Å²) in [5.74, 6) is -0.105. The molecule has 2 aromatic carbocycles. The van der Waals surface area contributed by atoms with Gasteiger partial charge in [0.15, 0.2) is 0 Å². The lowest BCUT2D eigenvalue weighted by Crippen LogP contribution is -2.51. The molecule has 1 aliphatic carbocycles. The lowest BCUT2D eigenvalue weighted by molar-refractivity contribution is -0.155. The van der Waals surface area contributed by atoms with Gasteiger partial charge in [0, 0.05) is 19.1 Å². The molecular formula is C22H27NO3. The molecule has 0 N–H and O–H groups in total. The molecule has 1 saturated heterocycles. The van der Waals surface area contributed by atoms with E-state index in [2.05, 4.69) is 23.1 Å². The predicted molar refractivity (Wildman–Crippen MR) is 102 cm³/mol. The zero-order chi connectivity index (χ0) is 17.8. The van der Waals surface area contributed by atoms with E-state index < -0.39 is 0 Å². The van der Waals surface area contributed by atoms with Crippen LogP contribution in [0.3, 0.4) is 0 Å². The van der Waals surface area contributed by atoms with Crippen molar-refractivity contribution < 1.29 is 14.3 Å². The molecule has 4 heteroatoms. The highest BCUT2D eigenvalue weighted by Gasteiger charge is 2.33. The van der Waals surface area contributed by atoms with Crippen molar-refractivity contribution >= 4 is 16.7 Å². The molecule has 138 valence electrons. The predicted octanol–water partition coefficient (Wildman–Crippen LogP) is 3.57. The topological polar surface area (TPSA) is 38.8 Å². The molecule has 2 atom stereocenters. The second-order valence-corrected chi connectivity index (χ2v) is 7.34. The van der Waals surface area contributed by atoms with Gasteiger partial charge in [-0.1, -0.05) is 48.9 Å². The summed E-state index contributed by atoms with van der Waals surface area (Å²) < 4.78 is 11.5. The van der Waals surface area contributed by atoms with Gasteiger partial charge in [0.2, 0.25) is 0 Å². The van der Waals surface area contributed by atoms with Gasteiger partial charge in [-0.25, -0.2) is 0 Å². The van der Waals surface area contributed by atoms with Gasteiger partial charge in [0.1, 0.15) is 6.10 Å². The highest BCUT2D eigenvalue weighted by Crippen LogP contribution is 2.27. The zero-order valence-corrected chi connectivity index (χ0v) is 15.2. The molecule has 1 aliphatic heterocycles. The first-order valence-electron chi connectivity index (χ1n) is 9.79. The second-order valence-electron chi connectivity index (χ2n) is 7.34. The number of morpholine rings is 1. The standard InChI is InChI=1S/C22H27NO3/c24-22(16-18-8-5-7-17-6-1-2-9-19(17)18)26-21-11-4-3-10-20(21)23-12-14-25-15-13-23/h1-2,5-9,20-21H,3-4,10-16H2/t20-,21-/m1/s1. The molecule has 0 bridgehead atoms. The van der Waals surface area contributed by atoms with Gasteiger partial charge >= 0.3 is 5.97 Å². The average molecular weight is 353 g/mol. The number of carbonyl (C=O) groups is 1. The van der Waals surface area contributed by atoms with E-state index in [-0.39, 0.29) is 12.1 Å². The minimum atomic E-state index is -0.105. The smallest absolute Gasteiger partial charge is 0.310 e. The molecule has 2 aromatic rings. The summed E-state index contributed by atoms with van der Waals surface area (Å²) in [6.07, 6.45) is 4.82. The van der Waals surface area contributed by atoms with Crippen molar-refractivity contribution in [2.45, 2.75) is 44.2 Å². The lowest BCUT2D eigenvalue weighted by Gasteiger charge is -2.41. The third-order valence-electron chi connectivity index (χ3n) is 5.68. The summed E-state index contributed by atoms with van der Waals surface area (Å²) in [5, 5.41) is 2.31. The number of rotatable bonds is 4. The van der Waals surface area contributed by atoms with E-state index in [0.717, 1.165) is 56.5 Å². The van der Waals surface area contributed by atoms with Gasteiger partial charge in [-0.2, -0.15) is 0 Å². The molecule has 1 heterocycles. The number of benzene rings is 2. The lowest BCUT2D eigenvalue weighted by atomic mass is 9.91. The van der Waals surface area contributed by atoms with E-state index in [4.69, 9.17) is 9.47 Å². The first-order valence-corrected chi connectivity index (χ1v) is 9.79. The van der Waals surface area contributed by atoms with E-state index >= 15 is 0 Å². The van der Waals surface area contributed by atoms with Crippen molar-refractivity contribution in [2.24, 2.45) is 0 Å². The van der Waals surface area contributed by atoms with E-state index in [1.54, 1.807) is 0 Å². The first kappa shape index (κ1) is 17.5. The Kier molecular flexibility index (Phi) is 5.51. The molecule has 1 saturated carbocycles. The molecule has 0 amide bonds. The van der Waals surface area contributed by atoms with Crippen LogP contribution in [0.1, 0.15) is 31.2 Å². The van der Waals surface area contributed by atoms with Crippen LogP contribution in [-0.4, -0.2) is 49.3 Å². The van der Waals surface area contributed by atoms with Crippen LogP contribution in [0.4, 0.5) is 0 Å².